The van der Waals surface area contributed by atoms with E-state index in [1.807, 2.05) is 25.1 Å². The fourth-order valence-corrected chi connectivity index (χ4v) is 2.99. The van der Waals surface area contributed by atoms with Crippen LogP contribution in [-0.4, -0.2) is 16.9 Å². The molecule has 1 amide bonds. The number of benzene rings is 1. The van der Waals surface area contributed by atoms with E-state index in [0.717, 1.165) is 12.1 Å². The molecule has 22 heavy (non-hydrogen) atoms. The Kier molecular flexibility index (Phi) is 3.84. The lowest BCUT2D eigenvalue weighted by molar-refractivity contribution is 0.0934. The second kappa shape index (κ2) is 5.79. The summed E-state index contributed by atoms with van der Waals surface area (Å²) < 4.78 is 0. The number of H-pyrrole nitrogens is 1. The summed E-state index contributed by atoms with van der Waals surface area (Å²) in [6, 6.07) is 13.7. The van der Waals surface area contributed by atoms with E-state index in [2.05, 4.69) is 22.4 Å². The fourth-order valence-electron chi connectivity index (χ4n) is 2.99. The largest absolute Gasteiger partial charge is 0.349 e. The Hall–Kier alpha value is -2.36. The summed E-state index contributed by atoms with van der Waals surface area (Å²) in [7, 11) is 0. The molecule has 0 unspecified atom stereocenters. The summed E-state index contributed by atoms with van der Waals surface area (Å²) >= 11 is 0. The molecule has 0 radical (unpaired) electrons. The monoisotopic (exact) mass is 296 g/mol. The third-order valence-corrected chi connectivity index (χ3v) is 4.37. The Morgan fingerprint density at radius 3 is 2.64 bits per heavy atom. The molecule has 0 saturated heterocycles. The minimum atomic E-state index is -0.333. The van der Waals surface area contributed by atoms with Gasteiger partial charge >= 0.3 is 0 Å². The summed E-state index contributed by atoms with van der Waals surface area (Å²) in [5.74, 6) is 0.649. The molecular weight excluding hydrogens is 276 g/mol. The minimum absolute atomic E-state index is 0.0541. The van der Waals surface area contributed by atoms with Crippen LogP contribution in [0.5, 0.6) is 0 Å². The number of nitrogens with one attached hydrogen (secondary N) is 2. The van der Waals surface area contributed by atoms with Gasteiger partial charge in [-0.2, -0.15) is 0 Å². The zero-order chi connectivity index (χ0) is 15.7. The summed E-state index contributed by atoms with van der Waals surface area (Å²) in [5, 5.41) is 2.96. The van der Waals surface area contributed by atoms with E-state index in [-0.39, 0.29) is 23.1 Å². The van der Waals surface area contributed by atoms with Gasteiger partial charge < -0.3 is 10.3 Å². The van der Waals surface area contributed by atoms with Gasteiger partial charge in [0.1, 0.15) is 5.56 Å². The highest BCUT2D eigenvalue weighted by Crippen LogP contribution is 2.49. The summed E-state index contributed by atoms with van der Waals surface area (Å²) in [4.78, 5) is 26.7. The van der Waals surface area contributed by atoms with Crippen molar-refractivity contribution in [3.8, 4) is 0 Å². The van der Waals surface area contributed by atoms with Crippen molar-refractivity contribution in [3.63, 3.8) is 0 Å². The van der Waals surface area contributed by atoms with E-state index in [4.69, 9.17) is 0 Å². The van der Waals surface area contributed by atoms with E-state index in [1.165, 1.54) is 5.56 Å². The predicted octanol–water partition coefficient (Wildman–Crippen LogP) is 2.61. The number of aromatic nitrogens is 1. The number of hydrogen-bond donors (Lipinski definition) is 2. The van der Waals surface area contributed by atoms with Crippen LogP contribution in [0.2, 0.25) is 0 Å². The highest BCUT2D eigenvalue weighted by molar-refractivity contribution is 5.94. The van der Waals surface area contributed by atoms with Gasteiger partial charge in [0.05, 0.1) is 0 Å². The molecule has 1 aromatic heterocycles. The van der Waals surface area contributed by atoms with Crippen LogP contribution in [0, 0.1) is 12.8 Å². The molecule has 114 valence electrons. The van der Waals surface area contributed by atoms with Gasteiger partial charge in [0.2, 0.25) is 0 Å². The van der Waals surface area contributed by atoms with Gasteiger partial charge in [-0.25, -0.2) is 0 Å². The zero-order valence-corrected chi connectivity index (χ0v) is 12.8. The quantitative estimate of drug-likeness (QED) is 0.911. The Balaban J connectivity index is 1.64. The molecule has 3 rings (SSSR count). The Bertz CT molecular complexity index is 736. The predicted molar refractivity (Wildman–Crippen MR) is 86.0 cm³/mol. The molecule has 0 spiro atoms. The average molecular weight is 296 g/mol. The highest BCUT2D eigenvalue weighted by Gasteiger charge is 2.42. The van der Waals surface area contributed by atoms with Crippen molar-refractivity contribution in [2.75, 3.05) is 0 Å². The zero-order valence-electron chi connectivity index (χ0n) is 12.8. The number of amides is 1. The van der Waals surface area contributed by atoms with Crippen LogP contribution in [0.15, 0.2) is 47.3 Å². The maximum Gasteiger partial charge on any atom is 0.260 e. The van der Waals surface area contributed by atoms with E-state index >= 15 is 0 Å². The third kappa shape index (κ3) is 2.96. The molecule has 1 heterocycles. The van der Waals surface area contributed by atoms with Gasteiger partial charge in [0.25, 0.3) is 11.5 Å². The molecule has 1 fully saturated rings. The number of pyridine rings is 1. The summed E-state index contributed by atoms with van der Waals surface area (Å²) in [6.45, 7) is 3.80. The van der Waals surface area contributed by atoms with Gasteiger partial charge in [-0.1, -0.05) is 30.3 Å². The van der Waals surface area contributed by atoms with Crippen LogP contribution in [-0.2, 0) is 0 Å². The van der Waals surface area contributed by atoms with Crippen LogP contribution < -0.4 is 10.9 Å². The first-order valence-electron chi connectivity index (χ1n) is 7.62. The van der Waals surface area contributed by atoms with Crippen LogP contribution in [0.1, 0.15) is 40.9 Å². The second-order valence-corrected chi connectivity index (χ2v) is 6.06. The van der Waals surface area contributed by atoms with Gasteiger partial charge in [-0.3, -0.25) is 9.59 Å². The molecular formula is C18H20N2O2. The van der Waals surface area contributed by atoms with Crippen molar-refractivity contribution in [2.24, 2.45) is 5.92 Å². The average Bonchev–Trinajstić information content (AvgIpc) is 3.28. The first-order valence-corrected chi connectivity index (χ1v) is 7.62. The molecule has 4 nitrogen and oxygen atoms in total. The van der Waals surface area contributed by atoms with Crippen LogP contribution in [0.25, 0.3) is 0 Å². The molecule has 0 bridgehead atoms. The molecule has 4 heteroatoms. The molecule has 2 aromatic rings. The standard InChI is InChI=1S/C18H20N2O2/c1-11-8-9-14(17(21)19-11)18(22)20-12(2)15-10-16(15)13-6-4-3-5-7-13/h3-9,12,15-16H,10H2,1-2H3,(H,19,21)(H,20,22)/t12-,15+,16+/m1/s1. The number of aryl methyl sites for hydroxylation is 1. The molecule has 0 aliphatic heterocycles. The molecule has 3 atom stereocenters. The first-order chi connectivity index (χ1) is 10.6. The van der Waals surface area contributed by atoms with Gasteiger partial charge in [0, 0.05) is 11.7 Å². The van der Waals surface area contributed by atoms with Gasteiger partial charge in [-0.05, 0) is 49.8 Å². The molecule has 1 aliphatic rings. The van der Waals surface area contributed by atoms with E-state index in [1.54, 1.807) is 19.1 Å². The summed E-state index contributed by atoms with van der Waals surface area (Å²) in [6.07, 6.45) is 1.08. The van der Waals surface area contributed by atoms with E-state index < -0.39 is 0 Å². The third-order valence-electron chi connectivity index (χ3n) is 4.37. The summed E-state index contributed by atoms with van der Waals surface area (Å²) in [5.41, 5.74) is 1.91. The maximum absolute atomic E-state index is 12.2. The van der Waals surface area contributed by atoms with Crippen molar-refractivity contribution in [1.29, 1.82) is 0 Å². The Morgan fingerprint density at radius 2 is 1.95 bits per heavy atom. The molecule has 1 aliphatic carbocycles. The van der Waals surface area contributed by atoms with Gasteiger partial charge in [-0.15, -0.1) is 0 Å². The SMILES string of the molecule is Cc1ccc(C(=O)N[C@H](C)[C@@H]2C[C@H]2c2ccccc2)c(=O)[nH]1. The lowest BCUT2D eigenvalue weighted by Crippen LogP contribution is -2.37. The first kappa shape index (κ1) is 14.6. The van der Waals surface area contributed by atoms with Crippen LogP contribution >= 0.6 is 0 Å². The van der Waals surface area contributed by atoms with Gasteiger partial charge in [0.15, 0.2) is 0 Å². The van der Waals surface area contributed by atoms with Crippen LogP contribution in [0.4, 0.5) is 0 Å². The van der Waals surface area contributed by atoms with Crippen molar-refractivity contribution < 1.29 is 4.79 Å². The molecule has 1 saturated carbocycles. The number of hydrogen-bond acceptors (Lipinski definition) is 2. The van der Waals surface area contributed by atoms with Crippen molar-refractivity contribution >= 4 is 5.91 Å². The van der Waals surface area contributed by atoms with E-state index in [0.29, 0.717) is 11.8 Å². The Labute approximate surface area is 129 Å². The maximum atomic E-state index is 12.2. The Morgan fingerprint density at radius 1 is 1.23 bits per heavy atom. The number of rotatable bonds is 4. The fraction of sp³-hybridized carbons (Fsp3) is 0.333. The number of carbonyl (C=O) groups excluding carboxylic acids is 1. The smallest absolute Gasteiger partial charge is 0.260 e. The normalized spacial score (nSPS) is 21.2. The van der Waals surface area contributed by atoms with Crippen molar-refractivity contribution in [3.05, 3.63) is 69.6 Å². The lowest BCUT2D eigenvalue weighted by Gasteiger charge is -2.14. The molecule has 1 aromatic carbocycles. The highest BCUT2D eigenvalue weighted by atomic mass is 16.2. The van der Waals surface area contributed by atoms with Crippen molar-refractivity contribution in [1.82, 2.24) is 10.3 Å². The second-order valence-electron chi connectivity index (χ2n) is 6.06. The van der Waals surface area contributed by atoms with E-state index in [9.17, 15) is 9.59 Å². The van der Waals surface area contributed by atoms with Crippen LogP contribution in [0.3, 0.4) is 0 Å². The number of aromatic amines is 1. The minimum Gasteiger partial charge on any atom is -0.349 e. The van der Waals surface area contributed by atoms with Crippen molar-refractivity contribution in [2.45, 2.75) is 32.2 Å². The topological polar surface area (TPSA) is 62.0 Å². The molecule has 2 N–H and O–H groups in total. The number of carbonyl (C=O) groups is 1. The lowest BCUT2D eigenvalue weighted by atomic mass is 10.1.